The van der Waals surface area contributed by atoms with Crippen molar-refractivity contribution in [3.8, 4) is 0 Å². The summed E-state index contributed by atoms with van der Waals surface area (Å²) in [6, 6.07) is 14.2. The van der Waals surface area contributed by atoms with Crippen molar-refractivity contribution in [3.63, 3.8) is 0 Å². The van der Waals surface area contributed by atoms with E-state index in [0.717, 1.165) is 30.8 Å². The zero-order valence-electron chi connectivity index (χ0n) is 30.0. The van der Waals surface area contributed by atoms with Crippen LogP contribution in [0.25, 0.3) is 0 Å². The van der Waals surface area contributed by atoms with E-state index in [4.69, 9.17) is 10.1 Å². The Kier molecular flexibility index (Phi) is 26.2. The number of hydrogen-bond donors (Lipinski definition) is 5. The van der Waals surface area contributed by atoms with E-state index in [9.17, 15) is 28.8 Å². The molecular weight excluding hydrogens is 668 g/mol. The Balaban J connectivity index is 0. The fourth-order valence-electron chi connectivity index (χ4n) is 4.59. The molecule has 15 nitrogen and oxygen atoms in total. The molecule has 6 amide bonds. The Morgan fingerprint density at radius 1 is 0.784 bits per heavy atom. The molecule has 2 aromatic rings. The molecule has 17 heteroatoms. The van der Waals surface area contributed by atoms with Crippen LogP contribution >= 0.6 is 0 Å². The van der Waals surface area contributed by atoms with Crippen LogP contribution in [0.2, 0.25) is 0 Å². The first-order valence-electron chi connectivity index (χ1n) is 16.1. The van der Waals surface area contributed by atoms with Crippen LogP contribution in [-0.2, 0) is 9.59 Å². The topological polar surface area (TPSA) is 229 Å². The molecule has 2 unspecified atom stereocenters. The van der Waals surface area contributed by atoms with Gasteiger partial charge in [-0.15, -0.1) is 0 Å². The van der Waals surface area contributed by atoms with Crippen LogP contribution in [0, 0.1) is 4.35 Å². The normalized spacial score (nSPS) is 13.1. The minimum absolute atomic E-state index is 0. The first-order chi connectivity index (χ1) is 24.1. The number of benzene rings is 2. The second-order valence-corrected chi connectivity index (χ2v) is 10.8. The number of nitrogens with two attached hydrogens (primary N) is 3. The zero-order valence-corrected chi connectivity index (χ0v) is 31.1. The van der Waals surface area contributed by atoms with Crippen molar-refractivity contribution in [2.45, 2.75) is 52.6 Å². The quantitative estimate of drug-likeness (QED) is 0.0579. The van der Waals surface area contributed by atoms with Gasteiger partial charge in [0.15, 0.2) is 0 Å². The molecule has 0 fully saturated rings. The van der Waals surface area contributed by atoms with E-state index >= 15 is 0 Å². The molecule has 2 aromatic carbocycles. The molecule has 4 rings (SSSR count). The van der Waals surface area contributed by atoms with E-state index in [1.165, 1.54) is 22.4 Å². The number of fused-ring (bicyclic) bond motifs is 2. The van der Waals surface area contributed by atoms with Crippen molar-refractivity contribution in [3.05, 3.63) is 83.6 Å². The molecule has 0 saturated carbocycles. The molecule has 2 atom stereocenters. The van der Waals surface area contributed by atoms with Gasteiger partial charge in [0.05, 0.1) is 22.3 Å². The molecule has 2 aliphatic heterocycles. The molecule has 2 heterocycles. The Morgan fingerprint density at radius 3 is 1.47 bits per heavy atom. The van der Waals surface area contributed by atoms with Crippen LogP contribution in [0.5, 0.6) is 0 Å². The number of nitrogens with zero attached hydrogens (tertiary/aromatic N) is 4. The number of carbonyl (C=O) groups is 6. The van der Waals surface area contributed by atoms with E-state index in [0.29, 0.717) is 41.3 Å². The molecule has 0 saturated heterocycles. The van der Waals surface area contributed by atoms with Crippen LogP contribution in [0.4, 0.5) is 0 Å². The Bertz CT molecular complexity index is 1340. The molecule has 4 radical (unpaired) electrons. The summed E-state index contributed by atoms with van der Waals surface area (Å²) in [5.41, 5.74) is 6.99. The van der Waals surface area contributed by atoms with E-state index in [2.05, 4.69) is 37.4 Å². The van der Waals surface area contributed by atoms with Crippen molar-refractivity contribution in [1.82, 2.24) is 24.9 Å². The number of imide groups is 2. The monoisotopic (exact) mass is 719 g/mol. The van der Waals surface area contributed by atoms with Gasteiger partial charge >= 0.3 is 20.4 Å². The summed E-state index contributed by atoms with van der Waals surface area (Å²) in [4.78, 5) is 75.1. The van der Waals surface area contributed by atoms with Gasteiger partial charge in [-0.25, -0.2) is 0 Å². The molecule has 0 aromatic heterocycles. The van der Waals surface area contributed by atoms with Crippen LogP contribution in [0.15, 0.2) is 61.3 Å². The first-order valence-corrected chi connectivity index (χ1v) is 16.7. The predicted molar refractivity (Wildman–Crippen MR) is 199 cm³/mol. The molecular formula is C34H51AlBN9O6. The van der Waals surface area contributed by atoms with Crippen molar-refractivity contribution >= 4 is 61.0 Å². The fraction of sp³-hybridized carbons (Fsp3) is 0.412. The van der Waals surface area contributed by atoms with Gasteiger partial charge in [0.25, 0.3) is 23.6 Å². The summed E-state index contributed by atoms with van der Waals surface area (Å²) in [5, 5.41) is 3.26. The average molecular weight is 720 g/mol. The van der Waals surface area contributed by atoms with Crippen molar-refractivity contribution in [2.75, 3.05) is 39.3 Å². The third-order valence-electron chi connectivity index (χ3n) is 7.83. The summed E-state index contributed by atoms with van der Waals surface area (Å²) in [5.74, 6) is 6.82. The SMILES string of the molecule is C=CN(C=O)CCN1C(=O)c2ccccc2C1=O.CCC(C)N(C=O)CCN1C(=O)c2ccccc2C1=O.CCC(C)NCCN.NN.[B].[NH]=[Al]. The van der Waals surface area contributed by atoms with Gasteiger partial charge in [-0.3, -0.25) is 50.3 Å². The third kappa shape index (κ3) is 14.4. The maximum atomic E-state index is 12.1. The zero-order chi connectivity index (χ0) is 38.2. The standard InChI is InChI=1S/C15H18N2O3.C13H12N2O3.C6H16N2.Al.B.H4N2.HN/c1-3-11(2)16(10-18)8-9-17-14(19)12-6-4-5-7-13(12)15(17)20;1-2-14(9-16)7-8-15-12(17)10-5-3-4-6-11(10)13(15)18;1-3-6(2)8-5-4-7;;;1-2;/h4-7,10-11H,3,8-9H2,1-2H3;2-6,9H,1,7-8H2;6,8H,3-5,7H2,1-2H3;;;1-2H2;1H. The Morgan fingerprint density at radius 2 is 1.18 bits per heavy atom. The van der Waals surface area contributed by atoms with E-state index in [1.807, 2.05) is 13.8 Å². The summed E-state index contributed by atoms with van der Waals surface area (Å²) in [7, 11) is 0. The average Bonchev–Trinajstić information content (AvgIpc) is 3.56. The number of nitrogens with one attached hydrogen (secondary N) is 2. The molecule has 51 heavy (non-hydrogen) atoms. The van der Waals surface area contributed by atoms with Gasteiger partial charge in [-0.1, -0.05) is 44.7 Å². The number of hydrogen-bond acceptors (Lipinski definition) is 11. The van der Waals surface area contributed by atoms with Crippen LogP contribution < -0.4 is 22.7 Å². The van der Waals surface area contributed by atoms with Gasteiger partial charge in [-0.05, 0) is 57.2 Å². The summed E-state index contributed by atoms with van der Waals surface area (Å²) < 4.78 is 5.67. The second kappa shape index (κ2) is 27.4. The van der Waals surface area contributed by atoms with Crippen LogP contribution in [-0.4, -0.2) is 132 Å². The van der Waals surface area contributed by atoms with E-state index < -0.39 is 0 Å². The molecule has 2 aliphatic rings. The van der Waals surface area contributed by atoms with Crippen molar-refractivity contribution in [1.29, 1.82) is 4.35 Å². The minimum atomic E-state index is -0.314. The molecule has 0 bridgehead atoms. The number of amides is 6. The van der Waals surface area contributed by atoms with Crippen molar-refractivity contribution < 1.29 is 28.8 Å². The molecule has 274 valence electrons. The van der Waals surface area contributed by atoms with E-state index in [-0.39, 0.29) is 57.7 Å². The maximum absolute atomic E-state index is 12.1. The summed E-state index contributed by atoms with van der Waals surface area (Å²) in [6.07, 6.45) is 4.74. The number of hydrazine groups is 1. The summed E-state index contributed by atoms with van der Waals surface area (Å²) >= 11 is 1.67. The second-order valence-electron chi connectivity index (χ2n) is 10.8. The summed E-state index contributed by atoms with van der Waals surface area (Å²) in [6.45, 7) is 14.4. The number of carbonyl (C=O) groups excluding carboxylic acids is 6. The van der Waals surface area contributed by atoms with Gasteiger partial charge < -0.3 is 20.9 Å². The fourth-order valence-corrected chi connectivity index (χ4v) is 4.59. The van der Waals surface area contributed by atoms with E-state index in [1.54, 1.807) is 69.5 Å². The van der Waals surface area contributed by atoms with Gasteiger partial charge in [0.1, 0.15) is 0 Å². The van der Waals surface area contributed by atoms with Crippen LogP contribution in [0.1, 0.15) is 82.0 Å². The predicted octanol–water partition coefficient (Wildman–Crippen LogP) is 1.11. The Labute approximate surface area is 311 Å². The van der Waals surface area contributed by atoms with Gasteiger partial charge in [0, 0.05) is 59.8 Å². The first kappa shape index (κ1) is 48.8. The molecule has 8 N–H and O–H groups in total. The Hall–Kier alpha value is -4.36. The molecule has 0 spiro atoms. The van der Waals surface area contributed by atoms with Gasteiger partial charge in [-0.2, -0.15) is 0 Å². The van der Waals surface area contributed by atoms with Crippen molar-refractivity contribution in [2.24, 2.45) is 17.4 Å². The van der Waals surface area contributed by atoms with Gasteiger partial charge in [0.2, 0.25) is 12.8 Å². The van der Waals surface area contributed by atoms with Crippen LogP contribution in [0.3, 0.4) is 0 Å². The third-order valence-corrected chi connectivity index (χ3v) is 7.83. The number of rotatable bonds is 15. The molecule has 0 aliphatic carbocycles.